The Bertz CT molecular complexity index is 7280. The molecule has 27 nitrogen and oxygen atoms in total. The molecule has 1 saturated heterocycles. The number of phenols is 2. The summed E-state index contributed by atoms with van der Waals surface area (Å²) in [6.07, 6.45) is 36.5. The lowest BCUT2D eigenvalue weighted by atomic mass is 9.85. The van der Waals surface area contributed by atoms with Crippen LogP contribution >= 0.6 is 0 Å². The van der Waals surface area contributed by atoms with E-state index in [9.17, 15) is 24.5 Å². The Hall–Kier alpha value is -14.4. The minimum atomic E-state index is -0.335. The number of halogens is 1. The predicted octanol–water partition coefficient (Wildman–Crippen LogP) is 16.5. The van der Waals surface area contributed by atoms with Gasteiger partial charge in [0.1, 0.15) is 34.0 Å². The Kier molecular flexibility index (Phi) is 20.2. The number of nitrogens with one attached hydrogen (secondary N) is 8. The molecule has 18 aromatic rings. The summed E-state index contributed by atoms with van der Waals surface area (Å²) in [6.45, 7) is 7.22. The first kappa shape index (κ1) is 76.9. The Morgan fingerprint density at radius 1 is 0.468 bits per heavy atom. The quantitative estimate of drug-likeness (QED) is 0.0706. The molecule has 0 bridgehead atoms. The zero-order chi connectivity index (χ0) is 83.6. The van der Waals surface area contributed by atoms with Gasteiger partial charge in [0, 0.05) is 84.4 Å². The van der Waals surface area contributed by atoms with Crippen molar-refractivity contribution in [3.8, 4) is 51.2 Å². The third-order valence-electron chi connectivity index (χ3n) is 25.6. The van der Waals surface area contributed by atoms with Gasteiger partial charge in [0.05, 0.1) is 140 Å². The van der Waals surface area contributed by atoms with Crippen molar-refractivity contribution in [3.63, 3.8) is 0 Å². The van der Waals surface area contributed by atoms with Crippen LogP contribution in [0, 0.1) is 19.7 Å². The maximum Gasteiger partial charge on any atom is 0.274 e. The minimum absolute atomic E-state index is 0.0249. The van der Waals surface area contributed by atoms with Gasteiger partial charge in [0.2, 0.25) is 0 Å². The van der Waals surface area contributed by atoms with E-state index in [1.807, 2.05) is 86.3 Å². The number of aromatic amines is 7. The van der Waals surface area contributed by atoms with E-state index in [1.165, 1.54) is 117 Å². The lowest BCUT2D eigenvalue weighted by Gasteiger charge is -2.31. The fourth-order valence-electron chi connectivity index (χ4n) is 19.6. The largest absolute Gasteiger partial charge is 0.508 e. The fourth-order valence-corrected chi connectivity index (χ4v) is 19.6. The predicted molar refractivity (Wildman–Crippen MR) is 478 cm³/mol. The topological polar surface area (TPSA) is 379 Å². The molecule has 620 valence electrons. The van der Waals surface area contributed by atoms with E-state index >= 15 is 0 Å². The number of hydrogen-bond donors (Lipinski definition) is 11. The number of aryl methyl sites for hydroxylation is 7. The maximum atomic E-state index is 13.8. The molecule has 0 unspecified atom stereocenters. The number of anilines is 2. The highest BCUT2D eigenvalue weighted by atomic mass is 19.1. The number of aromatic nitrogens is 18. The zero-order valence-corrected chi connectivity index (χ0v) is 68.6. The molecule has 0 atom stereocenters. The number of benzene rings is 6. The van der Waals surface area contributed by atoms with Crippen LogP contribution in [0.15, 0.2) is 144 Å². The number of H-pyrrole nitrogens is 7. The van der Waals surface area contributed by atoms with Crippen LogP contribution in [0.5, 0.6) is 17.4 Å². The number of aromatic hydroxyl groups is 3. The number of phenolic OH excluding ortho intramolecular Hbond substituents is 2. The number of morpholine rings is 1. The van der Waals surface area contributed by atoms with Gasteiger partial charge >= 0.3 is 0 Å². The smallest absolute Gasteiger partial charge is 0.274 e. The lowest BCUT2D eigenvalue weighted by Crippen LogP contribution is -2.36. The lowest BCUT2D eigenvalue weighted by molar-refractivity contribution is 0.102. The molecule has 0 saturated carbocycles. The van der Waals surface area contributed by atoms with Gasteiger partial charge in [0.25, 0.3) is 5.91 Å². The van der Waals surface area contributed by atoms with E-state index in [-0.39, 0.29) is 29.1 Å². The summed E-state index contributed by atoms with van der Waals surface area (Å²) in [5.41, 5.74) is 34.9. The second kappa shape index (κ2) is 32.5. The van der Waals surface area contributed by atoms with Crippen molar-refractivity contribution >= 4 is 117 Å². The normalized spacial score (nSPS) is 15.2. The Morgan fingerprint density at radius 3 is 1.63 bits per heavy atom. The molecule has 2 aliphatic heterocycles. The molecule has 14 heterocycles. The van der Waals surface area contributed by atoms with Crippen LogP contribution in [0.1, 0.15) is 153 Å². The molecule has 1 fully saturated rings. The Labute approximate surface area is 708 Å². The van der Waals surface area contributed by atoms with Crippen molar-refractivity contribution in [1.82, 2.24) is 91.1 Å². The van der Waals surface area contributed by atoms with Crippen molar-refractivity contribution in [1.29, 1.82) is 0 Å². The molecule has 0 spiro atoms. The van der Waals surface area contributed by atoms with E-state index in [1.54, 1.807) is 48.9 Å². The third-order valence-corrected chi connectivity index (χ3v) is 25.6. The van der Waals surface area contributed by atoms with Gasteiger partial charge in [0.15, 0.2) is 5.88 Å². The van der Waals surface area contributed by atoms with Crippen molar-refractivity contribution in [2.24, 2.45) is 10.2 Å². The van der Waals surface area contributed by atoms with E-state index < -0.39 is 0 Å². The fraction of sp³-hybridized carbons (Fsp3) is 0.271. The van der Waals surface area contributed by atoms with Gasteiger partial charge in [-0.1, -0.05) is 0 Å². The van der Waals surface area contributed by atoms with Crippen LogP contribution in [0.25, 0.3) is 127 Å². The van der Waals surface area contributed by atoms with Crippen molar-refractivity contribution in [3.05, 3.63) is 235 Å². The molecular formula is C96H89FN22O5. The van der Waals surface area contributed by atoms with E-state index in [4.69, 9.17) is 29.7 Å². The first-order chi connectivity index (χ1) is 60.9. The summed E-state index contributed by atoms with van der Waals surface area (Å²) in [7, 11) is 0. The first-order valence-corrected chi connectivity index (χ1v) is 43.0. The summed E-state index contributed by atoms with van der Waals surface area (Å²) in [4.78, 5) is 42.8. The van der Waals surface area contributed by atoms with Crippen LogP contribution in [0.4, 0.5) is 15.8 Å². The monoisotopic (exact) mass is 1650 g/mol. The highest BCUT2D eigenvalue weighted by molar-refractivity contribution is 6.14. The number of hydrogen-bond acceptors (Lipinski definition) is 19. The standard InChI is InChI=1S/C23H17FN4O.C22H24N6O.C19H18N6O.2C16H15N3O/c24-12-5-6-18-15(9-12)16(23(29)27-18)10-21-13-3-1-2-4-14(13)22-17-11-25-28-19(17)7-8-20(22)26-21;1-13-16(11-23-26-13)21-15-5-3-2-4-14(15)20-17-12-24-27-18(17)10-19(22(20)25-21)28-6-8-29-9-7-28;1-10-16(9-21-24-10)23-19(26)18-12-5-3-2-4-11(12)17-13-8-20-25-14(13)6-7-15(17)22-18;2*20-11-7-5-10(6-8-11)15-12-3-1-2-4-13(12)16-14(18-15)9-17-19-16/h5-11,27,29H,1-4H2;10-12H,2-9H2,1H3,(H,23,26)(H,24,27);6-9H,2-5H2,1H3,(H,20,25)(H,21,24)(H,23,26);2*5-9,20H,1-4H2,(H,17,19). The second-order valence-electron chi connectivity index (χ2n) is 33.1. The van der Waals surface area contributed by atoms with Crippen LogP contribution in [0.2, 0.25) is 0 Å². The average molecular weight is 1650 g/mol. The number of carbonyl (C=O) groups excluding carboxylic acids is 1. The Balaban J connectivity index is 0.0000000958. The number of pyridine rings is 5. The van der Waals surface area contributed by atoms with Crippen LogP contribution in [-0.2, 0) is 68.9 Å². The number of amides is 1. The van der Waals surface area contributed by atoms with Gasteiger partial charge in [-0.15, -0.1) is 0 Å². The van der Waals surface area contributed by atoms with Crippen molar-refractivity contribution < 1.29 is 29.2 Å². The van der Waals surface area contributed by atoms with Crippen LogP contribution < -0.4 is 20.9 Å². The molecule has 11 N–H and O–H groups in total. The molecule has 7 aliphatic rings. The molecule has 5 aliphatic carbocycles. The first-order valence-electron chi connectivity index (χ1n) is 43.0. The number of nitrogens with zero attached hydrogens (tertiary/aromatic N) is 14. The van der Waals surface area contributed by atoms with Crippen molar-refractivity contribution in [2.45, 2.75) is 142 Å². The molecule has 1 amide bonds. The second-order valence-corrected chi connectivity index (χ2v) is 33.1. The number of carbonyl (C=O) groups is 1. The van der Waals surface area contributed by atoms with Gasteiger partial charge in [-0.25, -0.2) is 29.3 Å². The highest BCUT2D eigenvalue weighted by Crippen LogP contribution is 2.44. The molecule has 124 heavy (non-hydrogen) atoms. The van der Waals surface area contributed by atoms with Gasteiger partial charge in [-0.3, -0.25) is 35.4 Å². The molecule has 12 aromatic heterocycles. The summed E-state index contributed by atoms with van der Waals surface area (Å²) in [5, 5.41) is 92.1. The number of rotatable bonds is 7. The summed E-state index contributed by atoms with van der Waals surface area (Å²) >= 11 is 0. The van der Waals surface area contributed by atoms with Crippen LogP contribution in [0.3, 0.4) is 0 Å². The molecule has 0 radical (unpaired) electrons. The number of ether oxygens (including phenoxy) is 1. The van der Waals surface area contributed by atoms with E-state index in [0.717, 1.165) is 249 Å². The van der Waals surface area contributed by atoms with Gasteiger partial charge in [-0.05, 0) is 301 Å². The van der Waals surface area contributed by atoms with Gasteiger partial charge < -0.3 is 35.3 Å². The van der Waals surface area contributed by atoms with Gasteiger partial charge in [-0.2, -0.15) is 40.8 Å². The SMILES string of the molecule is Cc1[nH]ncc1-c1nc2c(N3CCOCC3)cc3[nH]ncc3c2c2c1CCCC2.Cc1[nH]ncc1NC(=O)c1nc2ccc3[nH]ncc3c2c2c1CCCC2.Oc1[nH]c2ccc(F)cc2c1C=c1nc2ccc3c(c2c2c1CCCC2)C=NN=3.Oc1ccc(-c2nc3cn[nH]c3c3c2CCCC3)cc1.Oc1ccc(-c2nc3cn[nH]c3c3c2CCCC3)cc1. The van der Waals surface area contributed by atoms with E-state index in [0.29, 0.717) is 27.8 Å². The highest BCUT2D eigenvalue weighted by Gasteiger charge is 2.30. The minimum Gasteiger partial charge on any atom is -0.508 e. The summed E-state index contributed by atoms with van der Waals surface area (Å²) in [5.74, 6) is 0.0797. The Morgan fingerprint density at radius 2 is 1.00 bits per heavy atom. The number of fused-ring (bicyclic) bond motifs is 22. The maximum absolute atomic E-state index is 13.8. The average Bonchev–Trinajstić information content (AvgIpc) is 1.08. The van der Waals surface area contributed by atoms with Crippen molar-refractivity contribution in [2.75, 3.05) is 36.5 Å². The third kappa shape index (κ3) is 14.2. The molecule has 6 aromatic carbocycles. The molecule has 28 heteroatoms. The summed E-state index contributed by atoms with van der Waals surface area (Å²) in [6, 6.07) is 29.1. The molecular weight excluding hydrogens is 1560 g/mol. The zero-order valence-electron chi connectivity index (χ0n) is 68.6. The molecule has 25 rings (SSSR count). The van der Waals surface area contributed by atoms with E-state index in [2.05, 4.69) is 99.6 Å². The summed E-state index contributed by atoms with van der Waals surface area (Å²) < 4.78 is 19.4. The van der Waals surface area contributed by atoms with Crippen LogP contribution in [-0.4, -0.2) is 145 Å².